The maximum Gasteiger partial charge on any atom is 0.198 e. The molecule has 0 fully saturated rings. The summed E-state index contributed by atoms with van der Waals surface area (Å²) in [6, 6.07) is 6.16. The van der Waals surface area contributed by atoms with Crippen LogP contribution in [0.2, 0.25) is 0 Å². The van der Waals surface area contributed by atoms with Crippen molar-refractivity contribution in [2.24, 2.45) is 4.99 Å². The molecule has 2 N–H and O–H groups in total. The van der Waals surface area contributed by atoms with Gasteiger partial charge in [-0.2, -0.15) is 5.10 Å². The number of halogens is 1. The lowest BCUT2D eigenvalue weighted by Crippen LogP contribution is -2.00. The highest BCUT2D eigenvalue weighted by molar-refractivity contribution is 9.10. The molecule has 0 spiro atoms. The van der Waals surface area contributed by atoms with Crippen LogP contribution in [0.25, 0.3) is 10.9 Å². The average Bonchev–Trinajstić information content (AvgIpc) is 3.09. The number of H-pyrrole nitrogens is 1. The number of rotatable bonds is 4. The number of benzene rings is 1. The molecule has 120 valence electrons. The first-order valence-electron chi connectivity index (χ1n) is 7.62. The molecule has 0 saturated heterocycles. The van der Waals surface area contributed by atoms with Crippen molar-refractivity contribution in [1.29, 1.82) is 0 Å². The second kappa shape index (κ2) is 6.20. The van der Waals surface area contributed by atoms with Crippen molar-refractivity contribution in [3.63, 3.8) is 0 Å². The van der Waals surface area contributed by atoms with Gasteiger partial charge in [-0.3, -0.25) is 4.68 Å². The lowest BCUT2D eigenvalue weighted by molar-refractivity contribution is 0.457. The fourth-order valence-corrected chi connectivity index (χ4v) is 2.94. The van der Waals surface area contributed by atoms with E-state index >= 15 is 0 Å². The van der Waals surface area contributed by atoms with Gasteiger partial charge in [-0.25, -0.2) is 4.99 Å². The van der Waals surface area contributed by atoms with Crippen molar-refractivity contribution in [2.45, 2.75) is 33.2 Å². The Kier molecular flexibility index (Phi) is 4.26. The van der Waals surface area contributed by atoms with Crippen molar-refractivity contribution in [2.75, 3.05) is 0 Å². The van der Waals surface area contributed by atoms with E-state index in [0.717, 1.165) is 32.3 Å². The number of aromatic nitrogens is 3. The monoisotopic (exact) mass is 374 g/mol. The van der Waals surface area contributed by atoms with Gasteiger partial charge in [0.25, 0.3) is 0 Å². The van der Waals surface area contributed by atoms with Crippen LogP contribution in [0.3, 0.4) is 0 Å². The van der Waals surface area contributed by atoms with Crippen molar-refractivity contribution < 1.29 is 5.11 Å². The quantitative estimate of drug-likeness (QED) is 0.634. The van der Waals surface area contributed by atoms with E-state index < -0.39 is 0 Å². The van der Waals surface area contributed by atoms with Crippen molar-refractivity contribution in [3.05, 3.63) is 40.6 Å². The molecule has 6 heteroatoms. The minimum Gasteiger partial charge on any atom is -0.494 e. The van der Waals surface area contributed by atoms with Crippen molar-refractivity contribution in [3.8, 4) is 5.88 Å². The van der Waals surface area contributed by atoms with Gasteiger partial charge < -0.3 is 10.1 Å². The van der Waals surface area contributed by atoms with Gasteiger partial charge in [-0.05, 0) is 38.5 Å². The van der Waals surface area contributed by atoms with Gasteiger partial charge in [0.15, 0.2) is 5.88 Å². The van der Waals surface area contributed by atoms with E-state index in [1.54, 1.807) is 6.20 Å². The standard InChI is InChI=1S/C17H19BrN4O/c1-4-14(20-12-8-19-22(9-12)10(2)3)16-13-7-11(18)5-6-15(13)21-17(16)23/h5-10,21,23H,4H2,1-3H3. The van der Waals surface area contributed by atoms with E-state index in [9.17, 15) is 5.11 Å². The van der Waals surface area contributed by atoms with E-state index in [4.69, 9.17) is 4.99 Å². The van der Waals surface area contributed by atoms with E-state index in [-0.39, 0.29) is 5.88 Å². The summed E-state index contributed by atoms with van der Waals surface area (Å²) in [4.78, 5) is 7.71. The molecule has 2 aromatic heterocycles. The Bertz CT molecular complexity index is 876. The molecule has 3 rings (SSSR count). The molecule has 0 saturated carbocycles. The molecule has 0 aliphatic rings. The normalized spacial score (nSPS) is 12.5. The molecule has 0 atom stereocenters. The van der Waals surface area contributed by atoms with Crippen LogP contribution in [-0.4, -0.2) is 25.6 Å². The zero-order valence-corrected chi connectivity index (χ0v) is 14.9. The van der Waals surface area contributed by atoms with Crippen LogP contribution in [0.5, 0.6) is 5.88 Å². The Morgan fingerprint density at radius 3 is 2.87 bits per heavy atom. The molecule has 0 aliphatic heterocycles. The number of nitrogens with zero attached hydrogens (tertiary/aromatic N) is 3. The SMILES string of the molecule is CCC(=Nc1cnn(C(C)C)c1)c1c(O)[nH]c2ccc(Br)cc12. The molecule has 0 aliphatic carbocycles. The summed E-state index contributed by atoms with van der Waals surface area (Å²) in [5, 5.41) is 15.6. The van der Waals surface area contributed by atoms with Crippen LogP contribution in [-0.2, 0) is 0 Å². The first kappa shape index (κ1) is 15.8. The van der Waals surface area contributed by atoms with Gasteiger partial charge in [-0.1, -0.05) is 22.9 Å². The van der Waals surface area contributed by atoms with Crippen LogP contribution in [0, 0.1) is 0 Å². The summed E-state index contributed by atoms with van der Waals surface area (Å²) in [6.45, 7) is 6.18. The highest BCUT2D eigenvalue weighted by atomic mass is 79.9. The number of hydrogen-bond donors (Lipinski definition) is 2. The maximum atomic E-state index is 10.3. The third kappa shape index (κ3) is 3.03. The fraction of sp³-hybridized carbons (Fsp3) is 0.294. The Morgan fingerprint density at radius 2 is 2.22 bits per heavy atom. The Morgan fingerprint density at radius 1 is 1.43 bits per heavy atom. The van der Waals surface area contributed by atoms with Gasteiger partial charge >= 0.3 is 0 Å². The van der Waals surface area contributed by atoms with Crippen LogP contribution >= 0.6 is 15.9 Å². The number of nitrogens with one attached hydrogen (secondary N) is 1. The highest BCUT2D eigenvalue weighted by Crippen LogP contribution is 2.32. The number of aliphatic imine (C=N–C) groups is 1. The lowest BCUT2D eigenvalue weighted by Gasteiger charge is -2.04. The van der Waals surface area contributed by atoms with Gasteiger partial charge in [0.2, 0.25) is 0 Å². The summed E-state index contributed by atoms with van der Waals surface area (Å²) in [6.07, 6.45) is 4.37. The van der Waals surface area contributed by atoms with Gasteiger partial charge in [0, 0.05) is 21.4 Å². The summed E-state index contributed by atoms with van der Waals surface area (Å²) in [5.74, 6) is 0.148. The Labute approximate surface area is 143 Å². The molecule has 0 bridgehead atoms. The van der Waals surface area contributed by atoms with Crippen molar-refractivity contribution >= 4 is 38.2 Å². The number of aromatic hydroxyl groups is 1. The highest BCUT2D eigenvalue weighted by Gasteiger charge is 2.16. The van der Waals surface area contributed by atoms with Crippen LogP contribution in [0.1, 0.15) is 38.8 Å². The third-order valence-electron chi connectivity index (χ3n) is 3.75. The zero-order valence-electron chi connectivity index (χ0n) is 13.3. The topological polar surface area (TPSA) is 66.2 Å². The van der Waals surface area contributed by atoms with Gasteiger partial charge in [0.05, 0.1) is 23.7 Å². The van der Waals surface area contributed by atoms with E-state index in [1.165, 1.54) is 0 Å². The van der Waals surface area contributed by atoms with E-state index in [1.807, 2.05) is 36.0 Å². The number of aromatic amines is 1. The minimum atomic E-state index is 0.148. The first-order chi connectivity index (χ1) is 11.0. The van der Waals surface area contributed by atoms with Crippen LogP contribution < -0.4 is 0 Å². The second-order valence-corrected chi connectivity index (χ2v) is 6.64. The summed E-state index contributed by atoms with van der Waals surface area (Å²) in [5.41, 5.74) is 3.26. The second-order valence-electron chi connectivity index (χ2n) is 5.72. The van der Waals surface area contributed by atoms with Gasteiger partial charge in [-0.15, -0.1) is 0 Å². The summed E-state index contributed by atoms with van der Waals surface area (Å²) in [7, 11) is 0. The molecule has 2 heterocycles. The third-order valence-corrected chi connectivity index (χ3v) is 4.24. The molecule has 23 heavy (non-hydrogen) atoms. The smallest absolute Gasteiger partial charge is 0.198 e. The minimum absolute atomic E-state index is 0.148. The van der Waals surface area contributed by atoms with Gasteiger partial charge in [0.1, 0.15) is 5.69 Å². The summed E-state index contributed by atoms with van der Waals surface area (Å²) >= 11 is 3.48. The maximum absolute atomic E-state index is 10.3. The molecule has 3 aromatic rings. The van der Waals surface area contributed by atoms with Crippen LogP contribution in [0.4, 0.5) is 5.69 Å². The Balaban J connectivity index is 2.11. The molecule has 0 unspecified atom stereocenters. The zero-order chi connectivity index (χ0) is 16.6. The molecular formula is C17H19BrN4O. The average molecular weight is 375 g/mol. The van der Waals surface area contributed by atoms with E-state index in [0.29, 0.717) is 12.5 Å². The largest absolute Gasteiger partial charge is 0.494 e. The van der Waals surface area contributed by atoms with E-state index in [2.05, 4.69) is 39.9 Å². The number of hydrogen-bond acceptors (Lipinski definition) is 3. The number of fused-ring (bicyclic) bond motifs is 1. The summed E-state index contributed by atoms with van der Waals surface area (Å²) < 4.78 is 2.84. The fourth-order valence-electron chi connectivity index (χ4n) is 2.58. The predicted octanol–water partition coefficient (Wildman–Crippen LogP) is 4.94. The van der Waals surface area contributed by atoms with Crippen LogP contribution in [0.15, 0.2) is 40.1 Å². The Hall–Kier alpha value is -2.08. The molecule has 1 aromatic carbocycles. The first-order valence-corrected chi connectivity index (χ1v) is 8.41. The lowest BCUT2D eigenvalue weighted by atomic mass is 10.1. The molecule has 0 amide bonds. The van der Waals surface area contributed by atoms with Crippen molar-refractivity contribution in [1.82, 2.24) is 14.8 Å². The molecule has 0 radical (unpaired) electrons. The predicted molar refractivity (Wildman–Crippen MR) is 96.8 cm³/mol. The molecule has 5 nitrogen and oxygen atoms in total. The molecular weight excluding hydrogens is 356 g/mol.